The Morgan fingerprint density at radius 1 is 1.09 bits per heavy atom. The Morgan fingerprint density at radius 3 is 2.40 bits per heavy atom. The summed E-state index contributed by atoms with van der Waals surface area (Å²) in [4.78, 5) is 26.4. The molecule has 0 aliphatic carbocycles. The quantitative estimate of drug-likeness (QED) is 0.340. The van der Waals surface area contributed by atoms with Gasteiger partial charge in [-0.25, -0.2) is 4.79 Å². The van der Waals surface area contributed by atoms with E-state index in [1.54, 1.807) is 52.1 Å². The molecule has 1 heterocycles. The number of anilines is 1. The van der Waals surface area contributed by atoms with Gasteiger partial charge in [-0.3, -0.25) is 15.5 Å². The maximum absolute atomic E-state index is 12.7. The Labute approximate surface area is 206 Å². The highest BCUT2D eigenvalue weighted by Gasteiger charge is 2.22. The first kappa shape index (κ1) is 25.6. The number of amidine groups is 1. The van der Waals surface area contributed by atoms with Crippen molar-refractivity contribution in [3.05, 3.63) is 59.2 Å². The number of hydrogen-bond donors (Lipinski definition) is 3. The predicted molar refractivity (Wildman–Crippen MR) is 136 cm³/mol. The molecule has 1 saturated heterocycles. The molecule has 0 unspecified atom stereocenters. The number of hydrogen-bond acceptors (Lipinski definition) is 6. The molecule has 0 atom stereocenters. The standard InChI is InChI=1S/C27H32N4O4/c1-27(2,3)35-26(33)30-24(28)20-10-12-21(13-11-20)29-15-7-8-19-9-14-22(23(18-19)34-4)25(32)31-16-5-6-17-31/h9-14,18,29H,5-6,15-17H2,1-4H3,(H2,28,30,33). The highest BCUT2D eigenvalue weighted by molar-refractivity contribution is 6.04. The molecule has 2 aromatic rings. The van der Waals surface area contributed by atoms with Gasteiger partial charge in [0, 0.05) is 29.9 Å². The summed E-state index contributed by atoms with van der Waals surface area (Å²) < 4.78 is 10.6. The fraction of sp³-hybridized carbons (Fsp3) is 0.370. The summed E-state index contributed by atoms with van der Waals surface area (Å²) in [7, 11) is 1.56. The maximum atomic E-state index is 12.7. The minimum atomic E-state index is -0.662. The van der Waals surface area contributed by atoms with Crippen molar-refractivity contribution in [1.82, 2.24) is 10.2 Å². The first-order chi connectivity index (χ1) is 16.7. The third-order valence-corrected chi connectivity index (χ3v) is 5.24. The molecule has 184 valence electrons. The van der Waals surface area contributed by atoms with E-state index in [-0.39, 0.29) is 11.7 Å². The molecule has 0 aromatic heterocycles. The van der Waals surface area contributed by atoms with Gasteiger partial charge < -0.3 is 19.7 Å². The van der Waals surface area contributed by atoms with Gasteiger partial charge in [-0.05, 0) is 76.1 Å². The predicted octanol–water partition coefficient (Wildman–Crippen LogP) is 4.24. The third kappa shape index (κ3) is 7.51. The molecular weight excluding hydrogens is 444 g/mol. The van der Waals surface area contributed by atoms with Crippen molar-refractivity contribution < 1.29 is 19.1 Å². The Balaban J connectivity index is 1.54. The number of benzene rings is 2. The fourth-order valence-electron chi connectivity index (χ4n) is 3.56. The largest absolute Gasteiger partial charge is 0.496 e. The second-order valence-electron chi connectivity index (χ2n) is 9.15. The number of ether oxygens (including phenoxy) is 2. The van der Waals surface area contributed by atoms with Crippen molar-refractivity contribution in [1.29, 1.82) is 5.41 Å². The average Bonchev–Trinajstić information content (AvgIpc) is 3.35. The lowest BCUT2D eigenvalue weighted by molar-refractivity contribution is 0.0562. The van der Waals surface area contributed by atoms with Crippen LogP contribution in [0.4, 0.5) is 10.5 Å². The third-order valence-electron chi connectivity index (χ3n) is 5.24. The van der Waals surface area contributed by atoms with Crippen LogP contribution in [0, 0.1) is 17.3 Å². The van der Waals surface area contributed by atoms with Crippen molar-refractivity contribution in [3.63, 3.8) is 0 Å². The highest BCUT2D eigenvalue weighted by atomic mass is 16.6. The van der Waals surface area contributed by atoms with Crippen LogP contribution in [-0.4, -0.2) is 55.1 Å². The van der Waals surface area contributed by atoms with Crippen molar-refractivity contribution >= 4 is 23.5 Å². The zero-order valence-corrected chi connectivity index (χ0v) is 20.7. The van der Waals surface area contributed by atoms with Crippen LogP contribution in [0.15, 0.2) is 42.5 Å². The van der Waals surface area contributed by atoms with E-state index in [0.717, 1.165) is 37.2 Å². The van der Waals surface area contributed by atoms with Crippen LogP contribution >= 0.6 is 0 Å². The fourth-order valence-corrected chi connectivity index (χ4v) is 3.56. The maximum Gasteiger partial charge on any atom is 0.413 e. The van der Waals surface area contributed by atoms with Gasteiger partial charge in [0.15, 0.2) is 0 Å². The zero-order chi connectivity index (χ0) is 25.4. The lowest BCUT2D eigenvalue weighted by atomic mass is 10.1. The van der Waals surface area contributed by atoms with Crippen molar-refractivity contribution in [2.24, 2.45) is 0 Å². The molecule has 1 fully saturated rings. The van der Waals surface area contributed by atoms with Crippen LogP contribution in [0.3, 0.4) is 0 Å². The van der Waals surface area contributed by atoms with Crippen LogP contribution < -0.4 is 15.4 Å². The smallest absolute Gasteiger partial charge is 0.413 e. The minimum Gasteiger partial charge on any atom is -0.496 e. The van der Waals surface area contributed by atoms with Gasteiger partial charge >= 0.3 is 6.09 Å². The first-order valence-corrected chi connectivity index (χ1v) is 11.6. The van der Waals surface area contributed by atoms with E-state index >= 15 is 0 Å². The van der Waals surface area contributed by atoms with Crippen LogP contribution in [0.25, 0.3) is 0 Å². The van der Waals surface area contributed by atoms with E-state index in [1.165, 1.54) is 0 Å². The summed E-state index contributed by atoms with van der Waals surface area (Å²) in [5, 5.41) is 13.7. The van der Waals surface area contributed by atoms with Gasteiger partial charge in [0.05, 0.1) is 19.2 Å². The molecule has 2 aromatic carbocycles. The molecule has 1 aliphatic heterocycles. The summed E-state index contributed by atoms with van der Waals surface area (Å²) in [6, 6.07) is 12.5. The molecule has 8 nitrogen and oxygen atoms in total. The summed E-state index contributed by atoms with van der Waals surface area (Å²) >= 11 is 0. The highest BCUT2D eigenvalue weighted by Crippen LogP contribution is 2.23. The molecule has 0 spiro atoms. The molecule has 35 heavy (non-hydrogen) atoms. The number of likely N-dealkylation sites (tertiary alicyclic amines) is 1. The Morgan fingerprint density at radius 2 is 1.77 bits per heavy atom. The SMILES string of the molecule is COc1cc(C#CCNc2ccc(C(=N)NC(=O)OC(C)(C)C)cc2)ccc1C(=O)N1CCCC1. The van der Waals surface area contributed by atoms with Crippen molar-refractivity contribution in [2.75, 3.05) is 32.1 Å². The summed E-state index contributed by atoms with van der Waals surface area (Å²) in [5.74, 6) is 6.63. The number of rotatable bonds is 5. The second-order valence-corrected chi connectivity index (χ2v) is 9.15. The Kier molecular flexibility index (Phi) is 8.37. The lowest BCUT2D eigenvalue weighted by Gasteiger charge is -2.19. The molecule has 0 saturated carbocycles. The van der Waals surface area contributed by atoms with E-state index in [2.05, 4.69) is 22.5 Å². The number of methoxy groups -OCH3 is 1. The van der Waals surface area contributed by atoms with Crippen molar-refractivity contribution in [3.8, 4) is 17.6 Å². The molecule has 3 N–H and O–H groups in total. The molecule has 2 amide bonds. The van der Waals surface area contributed by atoms with Gasteiger partial charge in [-0.2, -0.15) is 0 Å². The number of carbonyl (C=O) groups excluding carboxylic acids is 2. The van der Waals surface area contributed by atoms with Crippen LogP contribution in [0.2, 0.25) is 0 Å². The molecule has 1 aliphatic rings. The van der Waals surface area contributed by atoms with E-state index in [9.17, 15) is 9.59 Å². The van der Waals surface area contributed by atoms with Crippen LogP contribution in [0.1, 0.15) is 55.1 Å². The summed E-state index contributed by atoms with van der Waals surface area (Å²) in [6.07, 6.45) is 1.42. The van der Waals surface area contributed by atoms with E-state index in [1.807, 2.05) is 23.1 Å². The minimum absolute atomic E-state index is 0.00153. The van der Waals surface area contributed by atoms with Gasteiger partial charge in [-0.1, -0.05) is 11.8 Å². The van der Waals surface area contributed by atoms with Gasteiger partial charge in [0.2, 0.25) is 0 Å². The van der Waals surface area contributed by atoms with Crippen LogP contribution in [0.5, 0.6) is 5.75 Å². The average molecular weight is 477 g/mol. The number of amides is 2. The second kappa shape index (κ2) is 11.4. The monoisotopic (exact) mass is 476 g/mol. The summed E-state index contributed by atoms with van der Waals surface area (Å²) in [6.45, 7) is 7.28. The van der Waals surface area contributed by atoms with E-state index in [0.29, 0.717) is 23.4 Å². The lowest BCUT2D eigenvalue weighted by Crippen LogP contribution is -2.36. The number of alkyl carbamates (subject to hydrolysis) is 1. The van der Waals surface area contributed by atoms with Gasteiger partial charge in [-0.15, -0.1) is 0 Å². The van der Waals surface area contributed by atoms with Gasteiger partial charge in [0.25, 0.3) is 5.91 Å². The van der Waals surface area contributed by atoms with Crippen LogP contribution in [-0.2, 0) is 4.74 Å². The first-order valence-electron chi connectivity index (χ1n) is 11.6. The Hall–Kier alpha value is -3.99. The van der Waals surface area contributed by atoms with E-state index in [4.69, 9.17) is 14.9 Å². The molecular formula is C27H32N4O4. The molecule has 0 bridgehead atoms. The molecule has 3 rings (SSSR count). The zero-order valence-electron chi connectivity index (χ0n) is 20.7. The van der Waals surface area contributed by atoms with Gasteiger partial charge in [0.1, 0.15) is 17.2 Å². The molecule has 0 radical (unpaired) electrons. The van der Waals surface area contributed by atoms with Crippen molar-refractivity contribution in [2.45, 2.75) is 39.2 Å². The normalized spacial score (nSPS) is 12.9. The molecule has 8 heteroatoms. The topological polar surface area (TPSA) is 104 Å². The number of carbonyl (C=O) groups is 2. The number of nitrogens with zero attached hydrogens (tertiary/aromatic N) is 1. The summed E-state index contributed by atoms with van der Waals surface area (Å²) in [5.41, 5.74) is 2.08. The Bertz CT molecular complexity index is 1130. The van der Waals surface area contributed by atoms with E-state index < -0.39 is 11.7 Å². The number of nitrogens with one attached hydrogen (secondary N) is 3.